The molecule has 1 aromatic carbocycles. The normalized spacial score (nSPS) is 22.7. The van der Waals surface area contributed by atoms with Gasteiger partial charge in [0.25, 0.3) is 0 Å². The van der Waals surface area contributed by atoms with Crippen molar-refractivity contribution in [1.29, 1.82) is 5.41 Å². The maximum atomic E-state index is 7.88. The number of rotatable bonds is 4. The third-order valence-corrected chi connectivity index (χ3v) is 4.19. The Balaban J connectivity index is 2.10. The van der Waals surface area contributed by atoms with Crippen LogP contribution in [0.5, 0.6) is 0 Å². The van der Waals surface area contributed by atoms with E-state index in [1.165, 1.54) is 25.7 Å². The molecule has 1 aliphatic heterocycles. The lowest BCUT2D eigenvalue weighted by atomic mass is 9.96. The Kier molecular flexibility index (Phi) is 4.97. The van der Waals surface area contributed by atoms with Gasteiger partial charge in [0.05, 0.1) is 11.8 Å². The third-order valence-electron chi connectivity index (χ3n) is 4.19. The van der Waals surface area contributed by atoms with Gasteiger partial charge in [-0.2, -0.15) is 0 Å². The third kappa shape index (κ3) is 3.80. The zero-order chi connectivity index (χ0) is 13.7. The smallest absolute Gasteiger partial charge is 0.0995 e. The van der Waals surface area contributed by atoms with Crippen molar-refractivity contribution >= 4 is 5.84 Å². The van der Waals surface area contributed by atoms with Crippen molar-refractivity contribution in [2.75, 3.05) is 13.1 Å². The molecule has 3 nitrogen and oxygen atoms in total. The summed E-state index contributed by atoms with van der Waals surface area (Å²) in [5.41, 5.74) is 6.99. The molecule has 2 rings (SSSR count). The van der Waals surface area contributed by atoms with Gasteiger partial charge in [-0.25, -0.2) is 0 Å². The molecule has 1 saturated heterocycles. The van der Waals surface area contributed by atoms with E-state index in [0.29, 0.717) is 6.04 Å². The van der Waals surface area contributed by atoms with E-state index in [4.69, 9.17) is 11.1 Å². The van der Waals surface area contributed by atoms with Crippen LogP contribution in [0.2, 0.25) is 0 Å². The summed E-state index contributed by atoms with van der Waals surface area (Å²) in [6.07, 6.45) is 5.19. The predicted molar refractivity (Wildman–Crippen MR) is 80.6 cm³/mol. The number of nitrogens with zero attached hydrogens (tertiary/aromatic N) is 1. The molecule has 0 spiro atoms. The first-order valence-electron chi connectivity index (χ1n) is 7.31. The minimum absolute atomic E-state index is 0.0294. The first-order valence-corrected chi connectivity index (χ1v) is 7.31. The first kappa shape index (κ1) is 14.1. The number of likely N-dealkylation sites (tertiary alicyclic amines) is 1. The van der Waals surface area contributed by atoms with Gasteiger partial charge in [0, 0.05) is 12.6 Å². The van der Waals surface area contributed by atoms with E-state index < -0.39 is 0 Å². The second kappa shape index (κ2) is 6.71. The molecule has 0 amide bonds. The maximum Gasteiger partial charge on any atom is 0.0995 e. The van der Waals surface area contributed by atoms with Crippen LogP contribution >= 0.6 is 0 Å². The van der Waals surface area contributed by atoms with Crippen LogP contribution in [0.15, 0.2) is 30.3 Å². The lowest BCUT2D eigenvalue weighted by Crippen LogP contribution is -2.39. The van der Waals surface area contributed by atoms with E-state index in [1.807, 2.05) is 18.2 Å². The van der Waals surface area contributed by atoms with Crippen molar-refractivity contribution in [3.8, 4) is 0 Å². The molecule has 1 aromatic rings. The van der Waals surface area contributed by atoms with Gasteiger partial charge in [0.15, 0.2) is 0 Å². The monoisotopic (exact) mass is 259 g/mol. The van der Waals surface area contributed by atoms with E-state index >= 15 is 0 Å². The zero-order valence-corrected chi connectivity index (χ0v) is 11.8. The molecule has 0 radical (unpaired) electrons. The molecule has 3 heteroatoms. The number of nitrogens with two attached hydrogens (primary N) is 1. The molecular weight excluding hydrogens is 234 g/mol. The molecule has 3 N–H and O–H groups in total. The molecule has 0 aliphatic carbocycles. The van der Waals surface area contributed by atoms with Gasteiger partial charge < -0.3 is 5.73 Å². The van der Waals surface area contributed by atoms with Crippen LogP contribution in [0, 0.1) is 5.41 Å². The molecule has 0 saturated carbocycles. The summed E-state index contributed by atoms with van der Waals surface area (Å²) < 4.78 is 0. The van der Waals surface area contributed by atoms with Gasteiger partial charge in [-0.1, -0.05) is 43.2 Å². The van der Waals surface area contributed by atoms with Gasteiger partial charge in [-0.05, 0) is 31.9 Å². The molecular formula is C16H25N3. The minimum atomic E-state index is 0.0294. The highest BCUT2D eigenvalue weighted by Crippen LogP contribution is 2.22. The van der Waals surface area contributed by atoms with Crippen LogP contribution in [0.4, 0.5) is 0 Å². The number of nitrogens with one attached hydrogen (secondary N) is 1. The van der Waals surface area contributed by atoms with Crippen molar-refractivity contribution in [2.24, 2.45) is 5.73 Å². The molecule has 0 aromatic heterocycles. The quantitative estimate of drug-likeness (QED) is 0.645. The molecule has 1 fully saturated rings. The molecule has 2 unspecified atom stereocenters. The minimum Gasteiger partial charge on any atom is -0.387 e. The standard InChI is InChI=1S/C16H25N3/c1-13-8-4-3-7-11-19(13)12-15(16(17)18)14-9-5-2-6-10-14/h2,5-6,9-10,13,15H,3-4,7-8,11-12H2,1H3,(H3,17,18). The highest BCUT2D eigenvalue weighted by molar-refractivity contribution is 5.84. The summed E-state index contributed by atoms with van der Waals surface area (Å²) in [5.74, 6) is 0.310. The van der Waals surface area contributed by atoms with Gasteiger partial charge >= 0.3 is 0 Å². The average Bonchev–Trinajstić information content (AvgIpc) is 2.61. The predicted octanol–water partition coefficient (Wildman–Crippen LogP) is 2.97. The largest absolute Gasteiger partial charge is 0.387 e. The second-order valence-corrected chi connectivity index (χ2v) is 5.61. The summed E-state index contributed by atoms with van der Waals surface area (Å²) in [4.78, 5) is 2.51. The van der Waals surface area contributed by atoms with E-state index in [1.54, 1.807) is 0 Å². The first-order chi connectivity index (χ1) is 9.18. The van der Waals surface area contributed by atoms with Crippen LogP contribution in [-0.4, -0.2) is 29.9 Å². The van der Waals surface area contributed by atoms with Crippen molar-refractivity contribution < 1.29 is 0 Å². The second-order valence-electron chi connectivity index (χ2n) is 5.61. The Labute approximate surface area is 116 Å². The fourth-order valence-electron chi connectivity index (χ4n) is 2.91. The van der Waals surface area contributed by atoms with Gasteiger partial charge in [-0.3, -0.25) is 10.3 Å². The van der Waals surface area contributed by atoms with Crippen molar-refractivity contribution in [2.45, 2.75) is 44.6 Å². The summed E-state index contributed by atoms with van der Waals surface area (Å²) in [6, 6.07) is 10.8. The lowest BCUT2D eigenvalue weighted by Gasteiger charge is -2.30. The summed E-state index contributed by atoms with van der Waals surface area (Å²) in [5, 5.41) is 7.88. The van der Waals surface area contributed by atoms with Gasteiger partial charge in [0.1, 0.15) is 0 Å². The fraction of sp³-hybridized carbons (Fsp3) is 0.562. The Morgan fingerprint density at radius 2 is 2.05 bits per heavy atom. The van der Waals surface area contributed by atoms with Crippen LogP contribution in [-0.2, 0) is 0 Å². The molecule has 104 valence electrons. The Bertz CT molecular complexity index is 402. The molecule has 1 aliphatic rings. The summed E-state index contributed by atoms with van der Waals surface area (Å²) in [7, 11) is 0. The van der Waals surface area contributed by atoms with E-state index in [0.717, 1.165) is 18.7 Å². The maximum absolute atomic E-state index is 7.88. The topological polar surface area (TPSA) is 53.1 Å². The highest BCUT2D eigenvalue weighted by Gasteiger charge is 2.23. The summed E-state index contributed by atoms with van der Waals surface area (Å²) in [6.45, 7) is 4.31. The Hall–Kier alpha value is -1.35. The molecule has 0 bridgehead atoms. The Morgan fingerprint density at radius 3 is 2.74 bits per heavy atom. The van der Waals surface area contributed by atoms with Crippen molar-refractivity contribution in [3.05, 3.63) is 35.9 Å². The number of hydrogen-bond acceptors (Lipinski definition) is 2. The van der Waals surface area contributed by atoms with Crippen LogP contribution in [0.25, 0.3) is 0 Å². The van der Waals surface area contributed by atoms with E-state index in [9.17, 15) is 0 Å². The summed E-state index contributed by atoms with van der Waals surface area (Å²) >= 11 is 0. The fourth-order valence-corrected chi connectivity index (χ4v) is 2.91. The zero-order valence-electron chi connectivity index (χ0n) is 11.8. The Morgan fingerprint density at radius 1 is 1.32 bits per heavy atom. The van der Waals surface area contributed by atoms with Crippen LogP contribution < -0.4 is 5.73 Å². The number of benzene rings is 1. The number of hydrogen-bond donors (Lipinski definition) is 2. The van der Waals surface area contributed by atoms with Crippen LogP contribution in [0.3, 0.4) is 0 Å². The molecule has 1 heterocycles. The van der Waals surface area contributed by atoms with Crippen LogP contribution in [0.1, 0.15) is 44.1 Å². The molecule has 19 heavy (non-hydrogen) atoms. The lowest BCUT2D eigenvalue weighted by molar-refractivity contribution is 0.211. The number of amidine groups is 1. The van der Waals surface area contributed by atoms with Gasteiger partial charge in [-0.15, -0.1) is 0 Å². The average molecular weight is 259 g/mol. The van der Waals surface area contributed by atoms with Gasteiger partial charge in [0.2, 0.25) is 0 Å². The van der Waals surface area contributed by atoms with E-state index in [-0.39, 0.29) is 11.8 Å². The molecule has 2 atom stereocenters. The van der Waals surface area contributed by atoms with Crippen molar-refractivity contribution in [3.63, 3.8) is 0 Å². The van der Waals surface area contributed by atoms with Crippen molar-refractivity contribution in [1.82, 2.24) is 4.90 Å². The van der Waals surface area contributed by atoms with E-state index in [2.05, 4.69) is 24.0 Å². The SMILES string of the molecule is CC1CCCCCN1CC(C(=N)N)c1ccccc1. The highest BCUT2D eigenvalue weighted by atomic mass is 15.2.